The quantitative estimate of drug-likeness (QED) is 0.901. The Bertz CT molecular complexity index is 641. The first-order valence-electron chi connectivity index (χ1n) is 6.50. The summed E-state index contributed by atoms with van der Waals surface area (Å²) in [7, 11) is -3.44. The summed E-state index contributed by atoms with van der Waals surface area (Å²) in [5.74, 6) is -0.733. The van der Waals surface area contributed by atoms with Crippen LogP contribution in [-0.4, -0.2) is 31.7 Å². The number of primary amides is 1. The van der Waals surface area contributed by atoms with Gasteiger partial charge in [0.2, 0.25) is 15.9 Å². The molecule has 2 N–H and O–H groups in total. The largest absolute Gasteiger partial charge is 0.369 e. The third-order valence-electron chi connectivity index (χ3n) is 3.58. The fraction of sp³-hybridized carbons (Fsp3) is 0.462. The number of nitrogens with zero attached hydrogens (tertiary/aromatic N) is 1. The van der Waals surface area contributed by atoms with Crippen LogP contribution in [0.25, 0.3) is 0 Å². The summed E-state index contributed by atoms with van der Waals surface area (Å²) in [5.41, 5.74) is 5.83. The highest BCUT2D eigenvalue weighted by atomic mass is 35.5. The summed E-state index contributed by atoms with van der Waals surface area (Å²) in [6, 6.07) is 4.77. The van der Waals surface area contributed by atoms with Gasteiger partial charge in [0.15, 0.2) is 0 Å². The molecule has 0 atom stereocenters. The van der Waals surface area contributed by atoms with Gasteiger partial charge in [-0.1, -0.05) is 29.3 Å². The third kappa shape index (κ3) is 4.10. The summed E-state index contributed by atoms with van der Waals surface area (Å²) in [6.45, 7) is 0.633. The zero-order valence-corrected chi connectivity index (χ0v) is 13.6. The molecule has 1 aromatic carbocycles. The van der Waals surface area contributed by atoms with E-state index in [1.54, 1.807) is 18.2 Å². The SMILES string of the molecule is NC(=O)C1CCN(S(=O)(=O)Cc2ccc(Cl)c(Cl)c2)CC1. The number of sulfonamides is 1. The number of benzene rings is 1. The van der Waals surface area contributed by atoms with E-state index < -0.39 is 10.0 Å². The molecule has 1 saturated heterocycles. The molecule has 1 aromatic rings. The van der Waals surface area contributed by atoms with Gasteiger partial charge >= 0.3 is 0 Å². The smallest absolute Gasteiger partial charge is 0.220 e. The van der Waals surface area contributed by atoms with Crippen LogP contribution in [0.3, 0.4) is 0 Å². The fourth-order valence-electron chi connectivity index (χ4n) is 2.35. The highest BCUT2D eigenvalue weighted by Gasteiger charge is 2.30. The van der Waals surface area contributed by atoms with Crippen molar-refractivity contribution in [2.45, 2.75) is 18.6 Å². The van der Waals surface area contributed by atoms with E-state index in [4.69, 9.17) is 28.9 Å². The zero-order valence-electron chi connectivity index (χ0n) is 11.3. The average molecular weight is 351 g/mol. The van der Waals surface area contributed by atoms with Crippen molar-refractivity contribution in [1.82, 2.24) is 4.31 Å². The molecular weight excluding hydrogens is 335 g/mol. The second-order valence-electron chi connectivity index (χ2n) is 5.08. The summed E-state index contributed by atoms with van der Waals surface area (Å²) < 4.78 is 26.1. The first kappa shape index (κ1) is 16.5. The second kappa shape index (κ2) is 6.52. The number of carbonyl (C=O) groups excluding carboxylic acids is 1. The Labute approximate surface area is 134 Å². The monoisotopic (exact) mass is 350 g/mol. The summed E-state index contributed by atoms with van der Waals surface area (Å²) in [4.78, 5) is 11.1. The molecule has 5 nitrogen and oxygen atoms in total. The Kier molecular flexibility index (Phi) is 5.14. The van der Waals surface area contributed by atoms with Crippen molar-refractivity contribution < 1.29 is 13.2 Å². The van der Waals surface area contributed by atoms with Gasteiger partial charge < -0.3 is 5.73 Å². The minimum absolute atomic E-state index is 0.134. The van der Waals surface area contributed by atoms with Gasteiger partial charge in [0.25, 0.3) is 0 Å². The first-order chi connectivity index (χ1) is 9.79. The number of carbonyl (C=O) groups is 1. The Morgan fingerprint density at radius 2 is 1.86 bits per heavy atom. The van der Waals surface area contributed by atoms with Crippen LogP contribution in [0.15, 0.2) is 18.2 Å². The van der Waals surface area contributed by atoms with E-state index in [1.807, 2.05) is 0 Å². The van der Waals surface area contributed by atoms with E-state index in [0.29, 0.717) is 41.5 Å². The predicted molar refractivity (Wildman–Crippen MR) is 82.6 cm³/mol. The fourth-order valence-corrected chi connectivity index (χ4v) is 4.22. The van der Waals surface area contributed by atoms with E-state index in [0.717, 1.165) is 0 Å². The highest BCUT2D eigenvalue weighted by molar-refractivity contribution is 7.88. The normalized spacial score (nSPS) is 17.8. The summed E-state index contributed by atoms with van der Waals surface area (Å²) >= 11 is 11.7. The van der Waals surface area contributed by atoms with Crippen LogP contribution in [-0.2, 0) is 20.6 Å². The lowest BCUT2D eigenvalue weighted by Crippen LogP contribution is -2.42. The molecule has 1 fully saturated rings. The van der Waals surface area contributed by atoms with Gasteiger partial charge in [-0.05, 0) is 30.5 Å². The molecule has 116 valence electrons. The first-order valence-corrected chi connectivity index (χ1v) is 8.87. The van der Waals surface area contributed by atoms with Crippen molar-refractivity contribution in [2.75, 3.05) is 13.1 Å². The number of halogens is 2. The molecule has 8 heteroatoms. The van der Waals surface area contributed by atoms with E-state index in [-0.39, 0.29) is 17.6 Å². The Hall–Kier alpha value is -0.820. The van der Waals surface area contributed by atoms with Crippen molar-refractivity contribution in [2.24, 2.45) is 11.7 Å². The molecule has 1 amide bonds. The summed E-state index contributed by atoms with van der Waals surface area (Å²) in [6.07, 6.45) is 0.936. The van der Waals surface area contributed by atoms with Crippen molar-refractivity contribution in [1.29, 1.82) is 0 Å². The van der Waals surface area contributed by atoms with Crippen molar-refractivity contribution in [3.05, 3.63) is 33.8 Å². The summed E-state index contributed by atoms with van der Waals surface area (Å²) in [5, 5.41) is 0.719. The van der Waals surface area contributed by atoms with Gasteiger partial charge in [0.05, 0.1) is 15.8 Å². The second-order valence-corrected chi connectivity index (χ2v) is 7.86. The molecule has 0 aromatic heterocycles. The lowest BCUT2D eigenvalue weighted by molar-refractivity contribution is -0.122. The number of rotatable bonds is 4. The van der Waals surface area contributed by atoms with E-state index in [9.17, 15) is 13.2 Å². The topological polar surface area (TPSA) is 80.5 Å². The maximum atomic E-state index is 12.4. The van der Waals surface area contributed by atoms with Crippen LogP contribution >= 0.6 is 23.2 Å². The van der Waals surface area contributed by atoms with Gasteiger partial charge in [-0.3, -0.25) is 4.79 Å². The molecular formula is C13H16Cl2N2O3S. The number of hydrogen-bond acceptors (Lipinski definition) is 3. The van der Waals surface area contributed by atoms with Crippen LogP contribution in [0.5, 0.6) is 0 Å². The van der Waals surface area contributed by atoms with Crippen LogP contribution in [0, 0.1) is 5.92 Å². The molecule has 1 aliphatic heterocycles. The van der Waals surface area contributed by atoms with Crippen molar-refractivity contribution in [3.8, 4) is 0 Å². The molecule has 1 heterocycles. The molecule has 0 saturated carbocycles. The lowest BCUT2D eigenvalue weighted by Gasteiger charge is -2.29. The van der Waals surface area contributed by atoms with E-state index >= 15 is 0 Å². The van der Waals surface area contributed by atoms with Crippen molar-refractivity contribution in [3.63, 3.8) is 0 Å². The maximum Gasteiger partial charge on any atom is 0.220 e. The van der Waals surface area contributed by atoms with E-state index in [2.05, 4.69) is 0 Å². The minimum atomic E-state index is -3.44. The molecule has 0 bridgehead atoms. The highest BCUT2D eigenvalue weighted by Crippen LogP contribution is 2.25. The maximum absolute atomic E-state index is 12.4. The molecule has 0 radical (unpaired) electrons. The Morgan fingerprint density at radius 1 is 1.24 bits per heavy atom. The molecule has 0 spiro atoms. The van der Waals surface area contributed by atoms with E-state index in [1.165, 1.54) is 4.31 Å². The molecule has 21 heavy (non-hydrogen) atoms. The number of nitrogens with two attached hydrogens (primary N) is 1. The van der Waals surface area contributed by atoms with Gasteiger partial charge in [-0.25, -0.2) is 12.7 Å². The number of piperidine rings is 1. The van der Waals surface area contributed by atoms with Gasteiger partial charge in [0, 0.05) is 19.0 Å². The van der Waals surface area contributed by atoms with Gasteiger partial charge in [-0.15, -0.1) is 0 Å². The average Bonchev–Trinajstić information content (AvgIpc) is 2.43. The molecule has 0 unspecified atom stereocenters. The van der Waals surface area contributed by atoms with Gasteiger partial charge in [-0.2, -0.15) is 0 Å². The van der Waals surface area contributed by atoms with Crippen LogP contribution in [0.1, 0.15) is 18.4 Å². The predicted octanol–water partition coefficient (Wildman–Crippen LogP) is 2.02. The zero-order chi connectivity index (χ0) is 15.6. The van der Waals surface area contributed by atoms with Gasteiger partial charge in [0.1, 0.15) is 0 Å². The Balaban J connectivity index is 2.05. The Morgan fingerprint density at radius 3 is 2.38 bits per heavy atom. The van der Waals surface area contributed by atoms with Crippen molar-refractivity contribution >= 4 is 39.1 Å². The lowest BCUT2D eigenvalue weighted by atomic mass is 9.98. The minimum Gasteiger partial charge on any atom is -0.369 e. The number of amides is 1. The molecule has 0 aliphatic carbocycles. The molecule has 2 rings (SSSR count). The molecule has 1 aliphatic rings. The number of hydrogen-bond donors (Lipinski definition) is 1. The third-order valence-corrected chi connectivity index (χ3v) is 6.17. The van der Waals surface area contributed by atoms with Crippen LogP contribution < -0.4 is 5.73 Å². The van der Waals surface area contributed by atoms with Crippen LogP contribution in [0.2, 0.25) is 10.0 Å². The van der Waals surface area contributed by atoms with Crippen LogP contribution in [0.4, 0.5) is 0 Å². The standard InChI is InChI=1S/C13H16Cl2N2O3S/c14-11-2-1-9(7-12(11)15)8-21(19,20)17-5-3-10(4-6-17)13(16)18/h1-2,7,10H,3-6,8H2,(H2,16,18).